The number of anilines is 1. The van der Waals surface area contributed by atoms with Crippen molar-refractivity contribution in [1.82, 2.24) is 25.2 Å². The summed E-state index contributed by atoms with van der Waals surface area (Å²) in [6.07, 6.45) is 5.74. The molecular formula is C20H26N6O3. The van der Waals surface area contributed by atoms with Crippen molar-refractivity contribution in [3.05, 3.63) is 36.2 Å². The van der Waals surface area contributed by atoms with Crippen molar-refractivity contribution < 1.29 is 14.3 Å². The fraction of sp³-hybridized carbons (Fsp3) is 0.500. The molecule has 0 atom stereocenters. The van der Waals surface area contributed by atoms with E-state index in [0.717, 1.165) is 51.9 Å². The molecule has 2 aliphatic heterocycles. The van der Waals surface area contributed by atoms with E-state index in [2.05, 4.69) is 20.9 Å². The Hall–Kier alpha value is -2.94. The van der Waals surface area contributed by atoms with Crippen LogP contribution in [0.4, 0.5) is 5.69 Å². The van der Waals surface area contributed by atoms with Gasteiger partial charge in [0.15, 0.2) is 12.3 Å². The highest BCUT2D eigenvalue weighted by atomic mass is 16.5. The third-order valence-electron chi connectivity index (χ3n) is 5.34. The highest BCUT2D eigenvalue weighted by Crippen LogP contribution is 2.20. The summed E-state index contributed by atoms with van der Waals surface area (Å²) in [7, 11) is 0. The molecule has 9 nitrogen and oxygen atoms in total. The first-order valence-corrected chi connectivity index (χ1v) is 10.1. The van der Waals surface area contributed by atoms with Gasteiger partial charge in [0.05, 0.1) is 12.2 Å². The third kappa shape index (κ3) is 4.92. The second kappa shape index (κ2) is 9.04. The van der Waals surface area contributed by atoms with Crippen molar-refractivity contribution in [3.63, 3.8) is 0 Å². The Morgan fingerprint density at radius 3 is 2.79 bits per heavy atom. The molecule has 1 aromatic carbocycles. The average Bonchev–Trinajstić information content (AvgIpc) is 3.45. The number of ether oxygens (including phenoxy) is 1. The minimum atomic E-state index is -0.324. The number of likely N-dealkylation sites (tertiary alicyclic amines) is 1. The number of benzene rings is 1. The summed E-state index contributed by atoms with van der Waals surface area (Å²) in [6.45, 7) is 3.49. The van der Waals surface area contributed by atoms with Crippen LogP contribution in [-0.4, -0.2) is 64.5 Å². The summed E-state index contributed by atoms with van der Waals surface area (Å²) in [6, 6.07) is 7.28. The molecule has 3 heterocycles. The zero-order chi connectivity index (χ0) is 20.1. The van der Waals surface area contributed by atoms with E-state index in [9.17, 15) is 9.59 Å². The number of hydrogen-bond acceptors (Lipinski definition) is 6. The first kappa shape index (κ1) is 19.4. The number of carbonyl (C=O) groups is 2. The predicted molar refractivity (Wildman–Crippen MR) is 107 cm³/mol. The zero-order valence-corrected chi connectivity index (χ0v) is 16.3. The van der Waals surface area contributed by atoms with Crippen LogP contribution in [0.25, 0.3) is 0 Å². The molecule has 2 amide bonds. The third-order valence-corrected chi connectivity index (χ3v) is 5.34. The van der Waals surface area contributed by atoms with E-state index >= 15 is 0 Å². The molecule has 1 aromatic heterocycles. The lowest BCUT2D eigenvalue weighted by atomic mass is 10.1. The summed E-state index contributed by atoms with van der Waals surface area (Å²) in [4.78, 5) is 26.4. The van der Waals surface area contributed by atoms with Gasteiger partial charge in [-0.25, -0.2) is 4.68 Å². The molecule has 0 unspecified atom stereocenters. The number of nitrogens with zero attached hydrogens (tertiary/aromatic N) is 4. The second-order valence-electron chi connectivity index (χ2n) is 7.42. The van der Waals surface area contributed by atoms with Crippen LogP contribution in [0.15, 0.2) is 30.5 Å². The van der Waals surface area contributed by atoms with Gasteiger partial charge >= 0.3 is 0 Å². The Kier molecular flexibility index (Phi) is 6.04. The molecule has 2 saturated heterocycles. The largest absolute Gasteiger partial charge is 0.484 e. The number of carbonyl (C=O) groups excluding carboxylic acids is 2. The molecule has 0 spiro atoms. The van der Waals surface area contributed by atoms with Crippen LogP contribution in [-0.2, 0) is 4.79 Å². The highest BCUT2D eigenvalue weighted by Gasteiger charge is 2.20. The topological polar surface area (TPSA) is 101 Å². The molecule has 0 saturated carbocycles. The lowest BCUT2D eigenvalue weighted by Gasteiger charge is -2.22. The lowest BCUT2D eigenvalue weighted by Crippen LogP contribution is -2.32. The normalized spacial score (nSPS) is 17.3. The quantitative estimate of drug-likeness (QED) is 0.764. The number of aromatic nitrogens is 3. The first-order chi connectivity index (χ1) is 14.2. The molecule has 2 aromatic rings. The van der Waals surface area contributed by atoms with E-state index in [1.165, 1.54) is 0 Å². The van der Waals surface area contributed by atoms with Gasteiger partial charge in [0, 0.05) is 24.8 Å². The molecule has 29 heavy (non-hydrogen) atoms. The molecule has 2 aliphatic rings. The van der Waals surface area contributed by atoms with Gasteiger partial charge in [-0.3, -0.25) is 9.59 Å². The van der Waals surface area contributed by atoms with Crippen molar-refractivity contribution in [3.8, 4) is 5.75 Å². The van der Waals surface area contributed by atoms with E-state index in [1.807, 2.05) is 4.90 Å². The number of rotatable bonds is 6. The molecule has 0 aliphatic carbocycles. The van der Waals surface area contributed by atoms with Gasteiger partial charge in [-0.1, -0.05) is 11.3 Å². The Bertz CT molecular complexity index is 855. The summed E-state index contributed by atoms with van der Waals surface area (Å²) in [5, 5.41) is 14.3. The van der Waals surface area contributed by atoms with Gasteiger partial charge in [0.2, 0.25) is 0 Å². The number of amides is 2. The van der Waals surface area contributed by atoms with E-state index in [4.69, 9.17) is 4.74 Å². The molecule has 0 bridgehead atoms. The lowest BCUT2D eigenvalue weighted by molar-refractivity contribution is -0.132. The first-order valence-electron chi connectivity index (χ1n) is 10.1. The molecule has 9 heteroatoms. The van der Waals surface area contributed by atoms with Crippen LogP contribution < -0.4 is 15.4 Å². The number of piperidine rings is 1. The van der Waals surface area contributed by atoms with Crippen LogP contribution in [0, 0.1) is 0 Å². The van der Waals surface area contributed by atoms with Crippen LogP contribution in [0.5, 0.6) is 5.75 Å². The van der Waals surface area contributed by atoms with Crippen molar-refractivity contribution in [2.75, 3.05) is 38.1 Å². The van der Waals surface area contributed by atoms with E-state index in [0.29, 0.717) is 11.4 Å². The molecule has 4 rings (SSSR count). The van der Waals surface area contributed by atoms with Crippen molar-refractivity contribution >= 4 is 17.5 Å². The molecular weight excluding hydrogens is 372 g/mol. The van der Waals surface area contributed by atoms with Crippen LogP contribution >= 0.6 is 0 Å². The highest BCUT2D eigenvalue weighted by molar-refractivity contribution is 6.02. The van der Waals surface area contributed by atoms with Gasteiger partial charge in [0.25, 0.3) is 11.8 Å². The molecule has 2 N–H and O–H groups in total. The summed E-state index contributed by atoms with van der Waals surface area (Å²) in [5.74, 6) is 0.204. The maximum absolute atomic E-state index is 12.5. The zero-order valence-electron chi connectivity index (χ0n) is 16.3. The Balaban J connectivity index is 1.33. The molecule has 2 fully saturated rings. The molecule has 0 radical (unpaired) electrons. The summed E-state index contributed by atoms with van der Waals surface area (Å²) in [5.41, 5.74) is 0.858. The van der Waals surface area contributed by atoms with Crippen LogP contribution in [0.1, 0.15) is 42.2 Å². The monoisotopic (exact) mass is 398 g/mol. The smallest absolute Gasteiger partial charge is 0.277 e. The predicted octanol–water partition coefficient (Wildman–Crippen LogP) is 1.46. The number of nitrogens with one attached hydrogen (secondary N) is 2. The fourth-order valence-electron chi connectivity index (χ4n) is 3.69. The second-order valence-corrected chi connectivity index (χ2v) is 7.42. The Morgan fingerprint density at radius 1 is 1.21 bits per heavy atom. The van der Waals surface area contributed by atoms with Crippen molar-refractivity contribution in [2.45, 2.75) is 31.7 Å². The minimum Gasteiger partial charge on any atom is -0.484 e. The van der Waals surface area contributed by atoms with E-state index in [-0.39, 0.29) is 30.2 Å². The summed E-state index contributed by atoms with van der Waals surface area (Å²) >= 11 is 0. The van der Waals surface area contributed by atoms with E-state index in [1.54, 1.807) is 35.1 Å². The SMILES string of the molecule is O=C(Nc1cccc(OCC(=O)N2CCCC2)c1)c1cn(C2CCNCC2)nn1. The average molecular weight is 398 g/mol. The Labute approximate surface area is 169 Å². The Morgan fingerprint density at radius 2 is 2.00 bits per heavy atom. The van der Waals surface area contributed by atoms with Gasteiger partial charge < -0.3 is 20.3 Å². The van der Waals surface area contributed by atoms with Gasteiger partial charge in [-0.15, -0.1) is 5.10 Å². The van der Waals surface area contributed by atoms with Gasteiger partial charge in [0.1, 0.15) is 5.75 Å². The maximum atomic E-state index is 12.5. The van der Waals surface area contributed by atoms with E-state index < -0.39 is 0 Å². The standard InChI is InChI=1S/C20H26N6O3/c27-19(25-10-1-2-11-25)14-29-17-5-3-4-15(12-17)22-20(28)18-13-26(24-23-18)16-6-8-21-9-7-16/h3-5,12-13,16,21H,1-2,6-11,14H2,(H,22,28). The van der Waals surface area contributed by atoms with Crippen LogP contribution in [0.3, 0.4) is 0 Å². The van der Waals surface area contributed by atoms with Crippen molar-refractivity contribution in [1.29, 1.82) is 0 Å². The number of hydrogen-bond donors (Lipinski definition) is 2. The van der Waals surface area contributed by atoms with Crippen molar-refractivity contribution in [2.24, 2.45) is 0 Å². The molecule has 154 valence electrons. The van der Waals surface area contributed by atoms with Gasteiger partial charge in [-0.05, 0) is 50.9 Å². The van der Waals surface area contributed by atoms with Crippen LogP contribution in [0.2, 0.25) is 0 Å². The van der Waals surface area contributed by atoms with Gasteiger partial charge in [-0.2, -0.15) is 0 Å². The minimum absolute atomic E-state index is 0.00196. The summed E-state index contributed by atoms with van der Waals surface area (Å²) < 4.78 is 7.39. The fourth-order valence-corrected chi connectivity index (χ4v) is 3.69. The maximum Gasteiger partial charge on any atom is 0.277 e.